The summed E-state index contributed by atoms with van der Waals surface area (Å²) in [7, 11) is 11.6. The molecule has 0 aromatic heterocycles. The van der Waals surface area contributed by atoms with Gasteiger partial charge in [-0.1, -0.05) is 13.3 Å². The Balaban J connectivity index is 3.57. The largest absolute Gasteiger partial charge is 0.331 e. The van der Waals surface area contributed by atoms with Crippen LogP contribution < -0.4 is 0 Å². The Labute approximate surface area is 97.1 Å². The molecule has 0 atom stereocenters. The van der Waals surface area contributed by atoms with Crippen molar-refractivity contribution in [3.8, 4) is 0 Å². The Morgan fingerprint density at radius 2 is 1.13 bits per heavy atom. The molecule has 0 aromatic rings. The highest BCUT2D eigenvalue weighted by atomic mass is 15.3. The molecule has 2 nitrogen and oxygen atoms in total. The molecule has 0 aliphatic carbocycles. The zero-order valence-electron chi connectivity index (χ0n) is 11.8. The van der Waals surface area contributed by atoms with Gasteiger partial charge in [-0.25, -0.2) is 0 Å². The van der Waals surface area contributed by atoms with Crippen molar-refractivity contribution < 1.29 is 8.97 Å². The zero-order valence-corrected chi connectivity index (χ0v) is 11.8. The highest BCUT2D eigenvalue weighted by Gasteiger charge is 2.14. The van der Waals surface area contributed by atoms with Crippen LogP contribution in [0.2, 0.25) is 0 Å². The lowest BCUT2D eigenvalue weighted by molar-refractivity contribution is -0.892. The van der Waals surface area contributed by atoms with Gasteiger partial charge in [0, 0.05) is 12.8 Å². The fourth-order valence-electron chi connectivity index (χ4n) is 1.82. The van der Waals surface area contributed by atoms with Gasteiger partial charge in [0.05, 0.1) is 54.9 Å². The maximum atomic E-state index is 2.36. The van der Waals surface area contributed by atoms with Gasteiger partial charge >= 0.3 is 0 Å². The molecule has 0 aromatic carbocycles. The molecule has 0 saturated carbocycles. The smallest absolute Gasteiger partial charge is 0.0784 e. The lowest BCUT2D eigenvalue weighted by Crippen LogP contribution is -2.42. The van der Waals surface area contributed by atoms with Gasteiger partial charge in [-0.3, -0.25) is 0 Å². The van der Waals surface area contributed by atoms with Crippen molar-refractivity contribution in [1.29, 1.82) is 0 Å². The summed E-state index contributed by atoms with van der Waals surface area (Å²) in [6, 6.07) is 0. The molecule has 0 radical (unpaired) electrons. The first-order valence-corrected chi connectivity index (χ1v) is 6.39. The minimum absolute atomic E-state index is 1.10. The van der Waals surface area contributed by atoms with Crippen LogP contribution in [0.25, 0.3) is 0 Å². The number of rotatable bonds is 8. The molecule has 15 heavy (non-hydrogen) atoms. The maximum Gasteiger partial charge on any atom is 0.0784 e. The average molecular weight is 216 g/mol. The van der Waals surface area contributed by atoms with Crippen LogP contribution in [0, 0.1) is 0 Å². The van der Waals surface area contributed by atoms with Crippen molar-refractivity contribution in [3.63, 3.8) is 0 Å². The SMILES string of the molecule is CCCC[N+](C)(C)CCCC[N+](C)(C)C. The molecule has 0 N–H and O–H groups in total. The van der Waals surface area contributed by atoms with Crippen LogP contribution >= 0.6 is 0 Å². The second-order valence-electron chi connectivity index (χ2n) is 6.46. The van der Waals surface area contributed by atoms with Gasteiger partial charge in [-0.15, -0.1) is 0 Å². The molecule has 0 saturated heterocycles. The summed E-state index contributed by atoms with van der Waals surface area (Å²) < 4.78 is 2.30. The van der Waals surface area contributed by atoms with Crippen LogP contribution in [0.15, 0.2) is 0 Å². The first-order chi connectivity index (χ1) is 6.77. The molecule has 0 fully saturated rings. The van der Waals surface area contributed by atoms with Crippen molar-refractivity contribution in [2.24, 2.45) is 0 Å². The fourth-order valence-corrected chi connectivity index (χ4v) is 1.82. The van der Waals surface area contributed by atoms with Crippen LogP contribution in [-0.4, -0.2) is 63.8 Å². The predicted octanol–water partition coefficient (Wildman–Crippen LogP) is 2.35. The average Bonchev–Trinajstić information content (AvgIpc) is 2.08. The van der Waals surface area contributed by atoms with Crippen molar-refractivity contribution >= 4 is 0 Å². The van der Waals surface area contributed by atoms with E-state index in [0.29, 0.717) is 0 Å². The zero-order chi connectivity index (χ0) is 11.9. The van der Waals surface area contributed by atoms with Crippen molar-refractivity contribution in [1.82, 2.24) is 0 Å². The van der Waals surface area contributed by atoms with Crippen LogP contribution in [0.1, 0.15) is 32.6 Å². The van der Waals surface area contributed by atoms with E-state index in [1.165, 1.54) is 49.8 Å². The van der Waals surface area contributed by atoms with Gasteiger partial charge in [0.2, 0.25) is 0 Å². The Bertz CT molecular complexity index is 156. The molecular weight excluding hydrogens is 184 g/mol. The van der Waals surface area contributed by atoms with Crippen molar-refractivity contribution in [3.05, 3.63) is 0 Å². The molecule has 0 heterocycles. The van der Waals surface area contributed by atoms with E-state index in [1.54, 1.807) is 0 Å². The summed E-state index contributed by atoms with van der Waals surface area (Å²) in [5.41, 5.74) is 0. The van der Waals surface area contributed by atoms with Gasteiger partial charge in [-0.05, 0) is 6.42 Å². The number of hydrogen-bond acceptors (Lipinski definition) is 0. The van der Waals surface area contributed by atoms with E-state index in [-0.39, 0.29) is 0 Å². The van der Waals surface area contributed by atoms with E-state index in [1.807, 2.05) is 0 Å². The second kappa shape index (κ2) is 6.49. The molecule has 0 bridgehead atoms. The monoisotopic (exact) mass is 216 g/mol. The van der Waals surface area contributed by atoms with Crippen LogP contribution in [0.3, 0.4) is 0 Å². The minimum Gasteiger partial charge on any atom is -0.331 e. The first-order valence-electron chi connectivity index (χ1n) is 6.39. The summed E-state index contributed by atoms with van der Waals surface area (Å²) in [4.78, 5) is 0. The van der Waals surface area contributed by atoms with E-state index < -0.39 is 0 Å². The number of nitrogens with zero attached hydrogens (tertiary/aromatic N) is 2. The number of quaternary nitrogens is 2. The van der Waals surface area contributed by atoms with Gasteiger partial charge in [0.15, 0.2) is 0 Å². The second-order valence-corrected chi connectivity index (χ2v) is 6.46. The third-order valence-electron chi connectivity index (χ3n) is 2.96. The summed E-state index contributed by atoms with van der Waals surface area (Å²) in [6.07, 6.45) is 5.41. The predicted molar refractivity (Wildman–Crippen MR) is 68.9 cm³/mol. The first kappa shape index (κ1) is 14.9. The van der Waals surface area contributed by atoms with Crippen molar-refractivity contribution in [2.45, 2.75) is 32.6 Å². The van der Waals surface area contributed by atoms with Crippen LogP contribution in [0.5, 0.6) is 0 Å². The van der Waals surface area contributed by atoms with Gasteiger partial charge < -0.3 is 8.97 Å². The third kappa shape index (κ3) is 10.2. The minimum atomic E-state index is 1.10. The number of unbranched alkanes of at least 4 members (excludes halogenated alkanes) is 2. The van der Waals surface area contributed by atoms with E-state index in [4.69, 9.17) is 0 Å². The quantitative estimate of drug-likeness (QED) is 0.431. The normalized spacial score (nSPS) is 13.2. The molecule has 0 rings (SSSR count). The van der Waals surface area contributed by atoms with Crippen LogP contribution in [-0.2, 0) is 0 Å². The van der Waals surface area contributed by atoms with E-state index in [9.17, 15) is 0 Å². The Morgan fingerprint density at radius 3 is 1.60 bits per heavy atom. The molecule has 0 aliphatic heterocycles. The maximum absolute atomic E-state index is 2.36. The van der Waals surface area contributed by atoms with E-state index in [2.05, 4.69) is 42.2 Å². The van der Waals surface area contributed by atoms with Gasteiger partial charge in [0.1, 0.15) is 0 Å². The lowest BCUT2D eigenvalue weighted by Gasteiger charge is -2.30. The summed E-state index contributed by atoms with van der Waals surface area (Å²) >= 11 is 0. The molecule has 0 spiro atoms. The number of hydrogen-bond donors (Lipinski definition) is 0. The standard InChI is InChI=1S/C13H32N2/c1-7-8-12-15(5,6)13-10-9-11-14(2,3)4/h7-13H2,1-6H3/q+2. The Kier molecular flexibility index (Phi) is 6.46. The summed E-state index contributed by atoms with van der Waals surface area (Å²) in [6.45, 7) is 6.24. The molecule has 0 unspecified atom stereocenters. The summed E-state index contributed by atoms with van der Waals surface area (Å²) in [5.74, 6) is 0. The third-order valence-corrected chi connectivity index (χ3v) is 2.96. The molecule has 2 heteroatoms. The highest BCUT2D eigenvalue weighted by Crippen LogP contribution is 2.06. The van der Waals surface area contributed by atoms with E-state index >= 15 is 0 Å². The van der Waals surface area contributed by atoms with Crippen molar-refractivity contribution in [2.75, 3.05) is 54.9 Å². The molecule has 92 valence electrons. The fraction of sp³-hybridized carbons (Fsp3) is 1.00. The molecular formula is C13H32N2+2. The Morgan fingerprint density at radius 1 is 0.667 bits per heavy atom. The van der Waals surface area contributed by atoms with E-state index in [0.717, 1.165) is 4.48 Å². The van der Waals surface area contributed by atoms with Gasteiger partial charge in [0.25, 0.3) is 0 Å². The van der Waals surface area contributed by atoms with Gasteiger partial charge in [-0.2, -0.15) is 0 Å². The molecule has 0 amide bonds. The Hall–Kier alpha value is -0.0800. The topological polar surface area (TPSA) is 0 Å². The van der Waals surface area contributed by atoms with Crippen LogP contribution in [0.4, 0.5) is 0 Å². The highest BCUT2D eigenvalue weighted by molar-refractivity contribution is 4.41. The molecule has 0 aliphatic rings. The lowest BCUT2D eigenvalue weighted by atomic mass is 10.2. The summed E-state index contributed by atoms with van der Waals surface area (Å²) in [5, 5.41) is 0.